The molecule has 0 bridgehead atoms. The van der Waals surface area contributed by atoms with Crippen molar-refractivity contribution in [3.8, 4) is 5.75 Å². The highest BCUT2D eigenvalue weighted by atomic mass is 35.5. The molecule has 0 atom stereocenters. The van der Waals surface area contributed by atoms with Gasteiger partial charge in [0.25, 0.3) is 5.91 Å². The van der Waals surface area contributed by atoms with Crippen molar-refractivity contribution in [2.75, 3.05) is 13.2 Å². The van der Waals surface area contributed by atoms with Gasteiger partial charge in [0.05, 0.1) is 0 Å². The lowest BCUT2D eigenvalue weighted by Gasteiger charge is -2.13. The first-order valence-corrected chi connectivity index (χ1v) is 8.04. The number of hydrogen-bond acceptors (Lipinski definition) is 4. The van der Waals surface area contributed by atoms with E-state index in [1.54, 1.807) is 0 Å². The third-order valence-electron chi connectivity index (χ3n) is 3.67. The largest absolute Gasteiger partial charge is 0.507 e. The lowest BCUT2D eigenvalue weighted by molar-refractivity contribution is -0.124. The number of carbonyl (C=O) groups excluding carboxylic acids is 2. The van der Waals surface area contributed by atoms with Gasteiger partial charge in [-0.05, 0) is 50.3 Å². The number of benzene rings is 1. The van der Waals surface area contributed by atoms with Gasteiger partial charge in [0, 0.05) is 11.6 Å². The van der Waals surface area contributed by atoms with Crippen molar-refractivity contribution in [1.82, 2.24) is 5.32 Å². The number of hydrogen-bond donors (Lipinski definition) is 2. The number of rotatable bonds is 6. The zero-order valence-electron chi connectivity index (χ0n) is 12.8. The predicted octanol–water partition coefficient (Wildman–Crippen LogP) is 3.21. The van der Waals surface area contributed by atoms with Crippen LogP contribution in [0.2, 0.25) is 5.02 Å². The number of nitrogens with one attached hydrogen (secondary N) is 1. The minimum Gasteiger partial charge on any atom is -0.507 e. The van der Waals surface area contributed by atoms with Crippen LogP contribution in [-0.2, 0) is 9.53 Å². The Bertz CT molecular complexity index is 613. The molecule has 0 aromatic heterocycles. The van der Waals surface area contributed by atoms with E-state index in [4.69, 9.17) is 16.3 Å². The van der Waals surface area contributed by atoms with Gasteiger partial charge in [-0.1, -0.05) is 23.3 Å². The maximum absolute atomic E-state index is 11.8. The smallest absolute Gasteiger partial charge is 0.342 e. The number of phenolic OH excluding ortho intramolecular Hbond substituents is 1. The van der Waals surface area contributed by atoms with Gasteiger partial charge in [0.15, 0.2) is 6.61 Å². The summed E-state index contributed by atoms with van der Waals surface area (Å²) in [7, 11) is 0. The molecule has 1 aromatic carbocycles. The van der Waals surface area contributed by atoms with Gasteiger partial charge in [-0.2, -0.15) is 0 Å². The molecule has 0 saturated heterocycles. The molecule has 23 heavy (non-hydrogen) atoms. The Morgan fingerprint density at radius 2 is 2.13 bits per heavy atom. The first-order valence-electron chi connectivity index (χ1n) is 7.66. The zero-order valence-corrected chi connectivity index (χ0v) is 13.6. The van der Waals surface area contributed by atoms with Gasteiger partial charge >= 0.3 is 5.97 Å². The van der Waals surface area contributed by atoms with Crippen LogP contribution in [-0.4, -0.2) is 30.1 Å². The second kappa shape index (κ2) is 8.58. The molecule has 0 saturated carbocycles. The zero-order chi connectivity index (χ0) is 16.7. The Kier molecular flexibility index (Phi) is 6.47. The second-order valence-corrected chi connectivity index (χ2v) is 5.88. The number of aromatic hydroxyl groups is 1. The molecule has 6 heteroatoms. The minimum absolute atomic E-state index is 0.0189. The average molecular weight is 338 g/mol. The number of halogens is 1. The molecular formula is C17H20ClNO4. The lowest BCUT2D eigenvalue weighted by Crippen LogP contribution is -2.29. The van der Waals surface area contributed by atoms with Gasteiger partial charge in [-0.25, -0.2) is 4.79 Å². The van der Waals surface area contributed by atoms with Crippen molar-refractivity contribution in [1.29, 1.82) is 0 Å². The highest BCUT2D eigenvalue weighted by Gasteiger charge is 2.14. The number of allylic oxidation sites excluding steroid dienone is 1. The van der Waals surface area contributed by atoms with Crippen LogP contribution in [0.5, 0.6) is 5.75 Å². The molecule has 2 N–H and O–H groups in total. The van der Waals surface area contributed by atoms with Crippen molar-refractivity contribution in [3.63, 3.8) is 0 Å². The van der Waals surface area contributed by atoms with Crippen LogP contribution in [0.15, 0.2) is 29.8 Å². The van der Waals surface area contributed by atoms with Gasteiger partial charge in [-0.3, -0.25) is 4.79 Å². The Morgan fingerprint density at radius 1 is 1.30 bits per heavy atom. The third kappa shape index (κ3) is 5.60. The van der Waals surface area contributed by atoms with Crippen LogP contribution in [0.25, 0.3) is 0 Å². The summed E-state index contributed by atoms with van der Waals surface area (Å²) in [4.78, 5) is 23.5. The highest BCUT2D eigenvalue weighted by molar-refractivity contribution is 6.30. The van der Waals surface area contributed by atoms with E-state index in [-0.39, 0.29) is 23.8 Å². The van der Waals surface area contributed by atoms with E-state index in [1.807, 2.05) is 0 Å². The number of phenols is 1. The normalized spacial score (nSPS) is 14.0. The van der Waals surface area contributed by atoms with E-state index in [1.165, 1.54) is 36.6 Å². The molecule has 1 aliphatic carbocycles. The molecule has 1 amide bonds. The summed E-state index contributed by atoms with van der Waals surface area (Å²) in [6, 6.07) is 4.07. The van der Waals surface area contributed by atoms with E-state index in [0.717, 1.165) is 19.3 Å². The molecule has 5 nitrogen and oxygen atoms in total. The summed E-state index contributed by atoms with van der Waals surface area (Å²) < 4.78 is 4.88. The first kappa shape index (κ1) is 17.3. The van der Waals surface area contributed by atoms with Crippen molar-refractivity contribution in [2.24, 2.45) is 0 Å². The van der Waals surface area contributed by atoms with Gasteiger partial charge < -0.3 is 15.2 Å². The van der Waals surface area contributed by atoms with Gasteiger partial charge in [0.1, 0.15) is 11.3 Å². The van der Waals surface area contributed by atoms with Crippen LogP contribution >= 0.6 is 11.6 Å². The second-order valence-electron chi connectivity index (χ2n) is 5.45. The minimum atomic E-state index is -0.760. The number of esters is 1. The van der Waals surface area contributed by atoms with Crippen LogP contribution in [0, 0.1) is 0 Å². The molecule has 0 heterocycles. The maximum atomic E-state index is 11.8. The molecule has 1 aromatic rings. The Morgan fingerprint density at radius 3 is 2.83 bits per heavy atom. The Balaban J connectivity index is 1.71. The van der Waals surface area contributed by atoms with Gasteiger partial charge in [0.2, 0.25) is 0 Å². The molecule has 0 spiro atoms. The Hall–Kier alpha value is -2.01. The molecular weight excluding hydrogens is 318 g/mol. The van der Waals surface area contributed by atoms with Crippen LogP contribution in [0.1, 0.15) is 42.5 Å². The topological polar surface area (TPSA) is 75.6 Å². The predicted molar refractivity (Wildman–Crippen MR) is 87.6 cm³/mol. The van der Waals surface area contributed by atoms with Crippen LogP contribution < -0.4 is 5.32 Å². The van der Waals surface area contributed by atoms with E-state index in [9.17, 15) is 14.7 Å². The molecule has 1 aliphatic rings. The monoisotopic (exact) mass is 337 g/mol. The summed E-state index contributed by atoms with van der Waals surface area (Å²) in [5.74, 6) is -1.39. The molecule has 0 unspecified atom stereocenters. The van der Waals surface area contributed by atoms with Crippen LogP contribution in [0.3, 0.4) is 0 Å². The van der Waals surface area contributed by atoms with E-state index < -0.39 is 5.97 Å². The summed E-state index contributed by atoms with van der Waals surface area (Å²) in [6.07, 6.45) is 7.73. The van der Waals surface area contributed by atoms with E-state index in [2.05, 4.69) is 11.4 Å². The van der Waals surface area contributed by atoms with Gasteiger partial charge in [-0.15, -0.1) is 0 Å². The standard InChI is InChI=1S/C17H20ClNO4/c18-13-6-7-14(15(20)10-13)17(22)23-11-16(21)19-9-8-12-4-2-1-3-5-12/h4,6-7,10,20H,1-3,5,8-9,11H2,(H,19,21). The average Bonchev–Trinajstić information content (AvgIpc) is 2.53. The fourth-order valence-electron chi connectivity index (χ4n) is 2.43. The van der Waals surface area contributed by atoms with Crippen molar-refractivity contribution < 1.29 is 19.4 Å². The molecule has 0 fully saturated rings. The van der Waals surface area contributed by atoms with Crippen LogP contribution in [0.4, 0.5) is 0 Å². The quantitative estimate of drug-likeness (QED) is 0.617. The number of ether oxygens (including phenoxy) is 1. The molecule has 2 rings (SSSR count). The summed E-state index contributed by atoms with van der Waals surface area (Å²) in [5, 5.41) is 12.7. The van der Waals surface area contributed by atoms with Crippen molar-refractivity contribution >= 4 is 23.5 Å². The Labute approximate surface area is 140 Å². The van der Waals surface area contributed by atoms with Crippen molar-refractivity contribution in [2.45, 2.75) is 32.1 Å². The summed E-state index contributed by atoms with van der Waals surface area (Å²) in [6.45, 7) is 0.161. The lowest BCUT2D eigenvalue weighted by atomic mass is 9.97. The molecule has 124 valence electrons. The first-order chi connectivity index (χ1) is 11.1. The summed E-state index contributed by atoms with van der Waals surface area (Å²) >= 11 is 5.69. The molecule has 0 radical (unpaired) electrons. The number of carbonyl (C=O) groups is 2. The van der Waals surface area contributed by atoms with E-state index >= 15 is 0 Å². The van der Waals surface area contributed by atoms with E-state index in [0.29, 0.717) is 11.6 Å². The highest BCUT2D eigenvalue weighted by Crippen LogP contribution is 2.22. The molecule has 0 aliphatic heterocycles. The SMILES string of the molecule is O=C(COC(=O)c1ccc(Cl)cc1O)NCCC1=CCCCC1. The maximum Gasteiger partial charge on any atom is 0.342 e. The summed E-state index contributed by atoms with van der Waals surface area (Å²) in [5.41, 5.74) is 1.36. The fourth-order valence-corrected chi connectivity index (χ4v) is 2.60. The van der Waals surface area contributed by atoms with Crippen molar-refractivity contribution in [3.05, 3.63) is 40.4 Å². The number of amides is 1. The third-order valence-corrected chi connectivity index (χ3v) is 3.90. The fraction of sp³-hybridized carbons (Fsp3) is 0.412.